The normalized spacial score (nSPS) is 18.4. The lowest BCUT2D eigenvalue weighted by Gasteiger charge is -2.30. The van der Waals surface area contributed by atoms with Gasteiger partial charge in [-0.15, -0.1) is 0 Å². The fourth-order valence-electron chi connectivity index (χ4n) is 3.77. The smallest absolute Gasteiger partial charge is 0.243 e. The molecule has 1 N–H and O–H groups in total. The Hall–Kier alpha value is -1.93. The van der Waals surface area contributed by atoms with Crippen LogP contribution in [0.2, 0.25) is 0 Å². The lowest BCUT2D eigenvalue weighted by molar-refractivity contribution is -0.126. The molecule has 2 amide bonds. The second-order valence-electron chi connectivity index (χ2n) is 7.18. The van der Waals surface area contributed by atoms with Gasteiger partial charge >= 0.3 is 0 Å². The average molecular weight is 394 g/mol. The molecule has 3 rings (SSSR count). The molecule has 0 saturated carbocycles. The number of carbonyl (C=O) groups is 2. The van der Waals surface area contributed by atoms with E-state index in [0.29, 0.717) is 45.4 Å². The minimum absolute atomic E-state index is 0.0238. The Bertz CT molecular complexity index is 829. The molecule has 0 radical (unpaired) electrons. The van der Waals surface area contributed by atoms with Crippen molar-refractivity contribution in [3.05, 3.63) is 23.8 Å². The van der Waals surface area contributed by atoms with Crippen LogP contribution < -0.4 is 10.2 Å². The zero-order valence-corrected chi connectivity index (χ0v) is 16.7. The number of hydrogen-bond acceptors (Lipinski definition) is 4. The topological polar surface area (TPSA) is 86.8 Å². The maximum atomic E-state index is 13.0. The van der Waals surface area contributed by atoms with E-state index in [-0.39, 0.29) is 22.6 Å². The summed E-state index contributed by atoms with van der Waals surface area (Å²) in [4.78, 5) is 25.7. The third kappa shape index (κ3) is 4.01. The van der Waals surface area contributed by atoms with E-state index in [0.717, 1.165) is 17.7 Å². The minimum Gasteiger partial charge on any atom is -0.356 e. The second-order valence-corrected chi connectivity index (χ2v) is 9.12. The van der Waals surface area contributed by atoms with Crippen molar-refractivity contribution in [2.75, 3.05) is 31.1 Å². The molecule has 27 heavy (non-hydrogen) atoms. The first-order valence-electron chi connectivity index (χ1n) is 9.53. The Kier molecular flexibility index (Phi) is 5.86. The second kappa shape index (κ2) is 7.98. The fraction of sp³-hybridized carbons (Fsp3) is 0.579. The first-order valence-corrected chi connectivity index (χ1v) is 11.0. The lowest BCUT2D eigenvalue weighted by atomic mass is 9.97. The molecule has 0 atom stereocenters. The molecule has 2 heterocycles. The van der Waals surface area contributed by atoms with E-state index in [2.05, 4.69) is 5.32 Å². The van der Waals surface area contributed by atoms with Crippen LogP contribution in [0.1, 0.15) is 38.7 Å². The molecule has 148 valence electrons. The highest BCUT2D eigenvalue weighted by atomic mass is 32.2. The zero-order chi connectivity index (χ0) is 19.6. The van der Waals surface area contributed by atoms with Gasteiger partial charge < -0.3 is 10.2 Å². The van der Waals surface area contributed by atoms with E-state index < -0.39 is 10.0 Å². The Labute approximate surface area is 160 Å². The van der Waals surface area contributed by atoms with Crippen LogP contribution in [0, 0.1) is 5.92 Å². The number of nitrogens with one attached hydrogen (secondary N) is 1. The molecule has 2 aliphatic rings. The molecule has 2 aliphatic heterocycles. The first kappa shape index (κ1) is 19.8. The number of carbonyl (C=O) groups excluding carboxylic acids is 2. The van der Waals surface area contributed by atoms with E-state index >= 15 is 0 Å². The van der Waals surface area contributed by atoms with Gasteiger partial charge in [-0.25, -0.2) is 8.42 Å². The molecule has 1 fully saturated rings. The van der Waals surface area contributed by atoms with Crippen LogP contribution in [-0.4, -0.2) is 50.7 Å². The zero-order valence-electron chi connectivity index (χ0n) is 15.9. The Morgan fingerprint density at radius 3 is 2.52 bits per heavy atom. The van der Waals surface area contributed by atoms with Crippen molar-refractivity contribution >= 4 is 27.5 Å². The first-order chi connectivity index (χ1) is 12.8. The quantitative estimate of drug-likeness (QED) is 0.822. The molecule has 0 spiro atoms. The summed E-state index contributed by atoms with van der Waals surface area (Å²) in [5, 5.41) is 2.89. The van der Waals surface area contributed by atoms with E-state index in [1.807, 2.05) is 6.92 Å². The fourth-order valence-corrected chi connectivity index (χ4v) is 5.29. The van der Waals surface area contributed by atoms with Crippen molar-refractivity contribution in [2.24, 2.45) is 5.92 Å². The van der Waals surface area contributed by atoms with Crippen molar-refractivity contribution in [1.82, 2.24) is 9.62 Å². The molecule has 7 nitrogen and oxygen atoms in total. The van der Waals surface area contributed by atoms with Gasteiger partial charge in [0.25, 0.3) is 0 Å². The standard InChI is InChI=1S/C19H27N3O4S/c1-3-9-20-19(24)15-6-10-21(11-7-15)27(25,26)17-4-5-18-16(13-17)8-12-22(18)14(2)23/h4-5,13,15H,3,6-12H2,1-2H3,(H,20,24). The maximum Gasteiger partial charge on any atom is 0.243 e. The monoisotopic (exact) mass is 393 g/mol. The molecule has 0 unspecified atom stereocenters. The van der Waals surface area contributed by atoms with Crippen LogP contribution >= 0.6 is 0 Å². The van der Waals surface area contributed by atoms with E-state index in [4.69, 9.17) is 0 Å². The average Bonchev–Trinajstić information content (AvgIpc) is 3.09. The maximum absolute atomic E-state index is 13.0. The Morgan fingerprint density at radius 1 is 1.19 bits per heavy atom. The summed E-state index contributed by atoms with van der Waals surface area (Å²) in [6, 6.07) is 4.99. The molecule has 8 heteroatoms. The number of fused-ring (bicyclic) bond motifs is 1. The number of nitrogens with zero attached hydrogens (tertiary/aromatic N) is 2. The summed E-state index contributed by atoms with van der Waals surface area (Å²) in [6.45, 7) is 5.46. The summed E-state index contributed by atoms with van der Waals surface area (Å²) < 4.78 is 27.5. The number of hydrogen-bond donors (Lipinski definition) is 1. The van der Waals surface area contributed by atoms with Crippen molar-refractivity contribution < 1.29 is 18.0 Å². The summed E-state index contributed by atoms with van der Waals surface area (Å²) in [5.41, 5.74) is 1.69. The number of anilines is 1. The van der Waals surface area contributed by atoms with Gasteiger partial charge in [0.15, 0.2) is 0 Å². The number of benzene rings is 1. The number of amides is 2. The number of sulfonamides is 1. The SMILES string of the molecule is CCCNC(=O)C1CCN(S(=O)(=O)c2ccc3c(c2)CCN3C(C)=O)CC1. The van der Waals surface area contributed by atoms with Gasteiger partial charge in [0, 0.05) is 44.7 Å². The van der Waals surface area contributed by atoms with Crippen LogP contribution in [-0.2, 0) is 26.0 Å². The summed E-state index contributed by atoms with van der Waals surface area (Å²) in [6.07, 6.45) is 2.63. The van der Waals surface area contributed by atoms with Gasteiger partial charge in [-0.2, -0.15) is 4.31 Å². The van der Waals surface area contributed by atoms with Crippen molar-refractivity contribution in [1.29, 1.82) is 0 Å². The molecular formula is C19H27N3O4S. The number of rotatable bonds is 5. The minimum atomic E-state index is -3.59. The van der Waals surface area contributed by atoms with Gasteiger partial charge in [-0.1, -0.05) is 6.92 Å². The van der Waals surface area contributed by atoms with E-state index in [1.165, 1.54) is 11.2 Å². The summed E-state index contributed by atoms with van der Waals surface area (Å²) in [7, 11) is -3.59. The molecule has 1 saturated heterocycles. The molecule has 0 aromatic heterocycles. The van der Waals surface area contributed by atoms with E-state index in [9.17, 15) is 18.0 Å². The third-order valence-electron chi connectivity index (χ3n) is 5.34. The molecular weight excluding hydrogens is 366 g/mol. The molecule has 0 aliphatic carbocycles. The lowest BCUT2D eigenvalue weighted by Crippen LogP contribution is -2.43. The van der Waals surface area contributed by atoms with Crippen LogP contribution in [0.4, 0.5) is 5.69 Å². The highest BCUT2D eigenvalue weighted by molar-refractivity contribution is 7.89. The van der Waals surface area contributed by atoms with Crippen LogP contribution in [0.15, 0.2) is 23.1 Å². The van der Waals surface area contributed by atoms with Gasteiger partial charge in [0.2, 0.25) is 21.8 Å². The van der Waals surface area contributed by atoms with E-state index in [1.54, 1.807) is 23.1 Å². The van der Waals surface area contributed by atoms with Crippen LogP contribution in [0.25, 0.3) is 0 Å². The van der Waals surface area contributed by atoms with Crippen molar-refractivity contribution in [2.45, 2.75) is 44.4 Å². The predicted octanol–water partition coefficient (Wildman–Crippen LogP) is 1.52. The largest absolute Gasteiger partial charge is 0.356 e. The molecule has 0 bridgehead atoms. The van der Waals surface area contributed by atoms with Crippen LogP contribution in [0.5, 0.6) is 0 Å². The molecule has 1 aromatic carbocycles. The van der Waals surface area contributed by atoms with Gasteiger partial charge in [0.05, 0.1) is 4.90 Å². The van der Waals surface area contributed by atoms with Crippen LogP contribution in [0.3, 0.4) is 0 Å². The van der Waals surface area contributed by atoms with Gasteiger partial charge in [-0.05, 0) is 49.4 Å². The Morgan fingerprint density at radius 2 is 1.89 bits per heavy atom. The summed E-state index contributed by atoms with van der Waals surface area (Å²) in [5.74, 6) is -0.129. The third-order valence-corrected chi connectivity index (χ3v) is 7.23. The van der Waals surface area contributed by atoms with Crippen molar-refractivity contribution in [3.8, 4) is 0 Å². The predicted molar refractivity (Wildman–Crippen MR) is 103 cm³/mol. The van der Waals surface area contributed by atoms with Gasteiger partial charge in [0.1, 0.15) is 0 Å². The van der Waals surface area contributed by atoms with Crippen molar-refractivity contribution in [3.63, 3.8) is 0 Å². The summed E-state index contributed by atoms with van der Waals surface area (Å²) >= 11 is 0. The highest BCUT2D eigenvalue weighted by Crippen LogP contribution is 2.32. The number of piperidine rings is 1. The highest BCUT2D eigenvalue weighted by Gasteiger charge is 2.33. The Balaban J connectivity index is 1.69. The van der Waals surface area contributed by atoms with Gasteiger partial charge in [-0.3, -0.25) is 9.59 Å². The molecule has 1 aromatic rings.